The number of unbranched alkanes of at least 4 members (excludes halogenated alkanes) is 2. The summed E-state index contributed by atoms with van der Waals surface area (Å²) < 4.78 is 5.80. The third-order valence-corrected chi connectivity index (χ3v) is 4.37. The van der Waals surface area contributed by atoms with E-state index in [1.807, 2.05) is 25.1 Å². The fourth-order valence-electron chi connectivity index (χ4n) is 2.93. The van der Waals surface area contributed by atoms with Crippen LogP contribution in [0.3, 0.4) is 0 Å². The van der Waals surface area contributed by atoms with Gasteiger partial charge < -0.3 is 14.8 Å². The van der Waals surface area contributed by atoms with E-state index in [2.05, 4.69) is 17.2 Å². The number of hydrogen-bond donors (Lipinski definition) is 2. The molecule has 0 aliphatic rings. The molecule has 3 rings (SSSR count). The maximum absolute atomic E-state index is 12.1. The Morgan fingerprint density at radius 3 is 2.77 bits per heavy atom. The van der Waals surface area contributed by atoms with E-state index in [9.17, 15) is 9.90 Å². The van der Waals surface area contributed by atoms with Crippen molar-refractivity contribution in [3.63, 3.8) is 0 Å². The maximum Gasteiger partial charge on any atom is 0.231 e. The Morgan fingerprint density at radius 1 is 1.19 bits per heavy atom. The topological polar surface area (TPSA) is 75.4 Å². The molecule has 0 atom stereocenters. The number of aromatic nitrogens is 1. The van der Waals surface area contributed by atoms with E-state index in [-0.39, 0.29) is 11.7 Å². The highest BCUT2D eigenvalue weighted by molar-refractivity contribution is 5.92. The molecule has 0 radical (unpaired) electrons. The van der Waals surface area contributed by atoms with Gasteiger partial charge >= 0.3 is 0 Å². The number of oxazole rings is 1. The van der Waals surface area contributed by atoms with Crippen molar-refractivity contribution in [1.29, 1.82) is 0 Å². The number of fused-ring (bicyclic) bond motifs is 1. The van der Waals surface area contributed by atoms with E-state index in [1.54, 1.807) is 19.1 Å². The Hall–Kier alpha value is -2.82. The van der Waals surface area contributed by atoms with Crippen molar-refractivity contribution in [1.82, 2.24) is 4.98 Å². The van der Waals surface area contributed by atoms with Crippen LogP contribution in [0.15, 0.2) is 34.7 Å². The lowest BCUT2D eigenvalue weighted by Gasteiger charge is -2.10. The highest BCUT2D eigenvalue weighted by atomic mass is 16.3. The van der Waals surface area contributed by atoms with Crippen molar-refractivity contribution in [2.24, 2.45) is 0 Å². The van der Waals surface area contributed by atoms with Crippen LogP contribution in [0.2, 0.25) is 0 Å². The van der Waals surface area contributed by atoms with Gasteiger partial charge in [-0.3, -0.25) is 4.79 Å². The molecule has 1 amide bonds. The molecule has 136 valence electrons. The fourth-order valence-corrected chi connectivity index (χ4v) is 2.93. The summed E-state index contributed by atoms with van der Waals surface area (Å²) in [6.07, 6.45) is 3.48. The number of benzene rings is 2. The first-order chi connectivity index (χ1) is 12.5. The average molecular weight is 352 g/mol. The van der Waals surface area contributed by atoms with E-state index in [1.165, 1.54) is 0 Å². The van der Waals surface area contributed by atoms with E-state index < -0.39 is 0 Å². The second kappa shape index (κ2) is 7.60. The number of phenolic OH excluding ortho intramolecular Hbond substituents is 1. The number of rotatable bonds is 6. The minimum Gasteiger partial charge on any atom is -0.507 e. The number of nitrogens with zero attached hydrogens (tertiary/aromatic N) is 1. The van der Waals surface area contributed by atoms with E-state index in [0.29, 0.717) is 34.7 Å². The number of aromatic hydroxyl groups is 1. The monoisotopic (exact) mass is 352 g/mol. The average Bonchev–Trinajstić information content (AvgIpc) is 3.01. The number of amides is 1. The van der Waals surface area contributed by atoms with Gasteiger partial charge in [0.25, 0.3) is 0 Å². The number of carbonyl (C=O) groups excluding carboxylic acids is 1. The summed E-state index contributed by atoms with van der Waals surface area (Å²) in [7, 11) is 0. The molecule has 1 aromatic heterocycles. The van der Waals surface area contributed by atoms with Crippen LogP contribution in [0.5, 0.6) is 5.75 Å². The van der Waals surface area contributed by atoms with Crippen molar-refractivity contribution < 1.29 is 14.3 Å². The first kappa shape index (κ1) is 18.0. The van der Waals surface area contributed by atoms with Gasteiger partial charge in [0, 0.05) is 12.1 Å². The molecule has 0 saturated heterocycles. The third kappa shape index (κ3) is 3.87. The predicted octanol–water partition coefficient (Wildman–Crippen LogP) is 5.34. The number of anilines is 1. The molecule has 26 heavy (non-hydrogen) atoms. The molecule has 0 saturated carbocycles. The Kier molecular flexibility index (Phi) is 5.26. The Balaban J connectivity index is 1.91. The lowest BCUT2D eigenvalue weighted by atomic mass is 10.1. The van der Waals surface area contributed by atoms with Crippen molar-refractivity contribution >= 4 is 22.7 Å². The molecule has 2 N–H and O–H groups in total. The van der Waals surface area contributed by atoms with E-state index >= 15 is 0 Å². The van der Waals surface area contributed by atoms with Gasteiger partial charge in [-0.05, 0) is 55.7 Å². The zero-order valence-corrected chi connectivity index (χ0v) is 15.4. The summed E-state index contributed by atoms with van der Waals surface area (Å²) in [5.74, 6) is 0.424. The largest absolute Gasteiger partial charge is 0.507 e. The van der Waals surface area contributed by atoms with Crippen molar-refractivity contribution in [3.05, 3.63) is 41.5 Å². The molecule has 2 aromatic carbocycles. The van der Waals surface area contributed by atoms with Gasteiger partial charge in [-0.1, -0.05) is 25.8 Å². The summed E-state index contributed by atoms with van der Waals surface area (Å²) in [4.78, 5) is 16.6. The normalized spacial score (nSPS) is 11.0. The molecule has 0 fully saturated rings. The first-order valence-corrected chi connectivity index (χ1v) is 8.99. The maximum atomic E-state index is 12.1. The number of carbonyl (C=O) groups is 1. The van der Waals surface area contributed by atoms with Gasteiger partial charge in [0.05, 0.1) is 5.56 Å². The highest BCUT2D eigenvalue weighted by Crippen LogP contribution is 2.36. The molecule has 0 aliphatic heterocycles. The molecular formula is C21H24N2O3. The quantitative estimate of drug-likeness (QED) is 0.464. The van der Waals surface area contributed by atoms with Crippen molar-refractivity contribution in [2.75, 3.05) is 5.32 Å². The highest BCUT2D eigenvalue weighted by Gasteiger charge is 2.16. The van der Waals surface area contributed by atoms with E-state index in [4.69, 9.17) is 4.42 Å². The molecule has 1 heterocycles. The number of nitrogens with one attached hydrogen (secondary N) is 1. The lowest BCUT2D eigenvalue weighted by molar-refractivity contribution is -0.116. The SMILES string of the molecule is CCCCCC(=O)Nc1cc(C)c(O)c(-c2nc3cc(C)ccc3o2)c1. The third-order valence-electron chi connectivity index (χ3n) is 4.37. The number of hydrogen-bond acceptors (Lipinski definition) is 4. The zero-order chi connectivity index (χ0) is 18.7. The smallest absolute Gasteiger partial charge is 0.231 e. The van der Waals surface area contributed by atoms with Crippen LogP contribution in [0.25, 0.3) is 22.6 Å². The van der Waals surface area contributed by atoms with Gasteiger partial charge in [0.15, 0.2) is 5.58 Å². The van der Waals surface area contributed by atoms with Gasteiger partial charge in [-0.2, -0.15) is 0 Å². The standard InChI is InChI=1S/C21H24N2O3/c1-4-5-6-7-19(24)22-15-11-14(3)20(25)16(12-15)21-23-17-10-13(2)8-9-18(17)26-21/h8-12,25H,4-7H2,1-3H3,(H,22,24). The van der Waals surface area contributed by atoms with Crippen molar-refractivity contribution in [2.45, 2.75) is 46.5 Å². The molecule has 0 bridgehead atoms. The van der Waals surface area contributed by atoms with Crippen LogP contribution in [-0.2, 0) is 4.79 Å². The van der Waals surface area contributed by atoms with Crippen LogP contribution in [0.4, 0.5) is 5.69 Å². The second-order valence-electron chi connectivity index (χ2n) is 6.68. The van der Waals surface area contributed by atoms with Gasteiger partial charge in [0.1, 0.15) is 11.3 Å². The summed E-state index contributed by atoms with van der Waals surface area (Å²) >= 11 is 0. The molecule has 0 aliphatic carbocycles. The molecular weight excluding hydrogens is 328 g/mol. The molecule has 0 spiro atoms. The predicted molar refractivity (Wildman–Crippen MR) is 103 cm³/mol. The van der Waals surface area contributed by atoms with Crippen LogP contribution >= 0.6 is 0 Å². The number of phenols is 1. The molecule has 0 unspecified atom stereocenters. The Morgan fingerprint density at radius 2 is 2.00 bits per heavy atom. The molecule has 3 aromatic rings. The van der Waals surface area contributed by atoms with Crippen LogP contribution in [0.1, 0.15) is 43.7 Å². The summed E-state index contributed by atoms with van der Waals surface area (Å²) in [6, 6.07) is 9.21. The summed E-state index contributed by atoms with van der Waals surface area (Å²) in [5, 5.41) is 13.4. The minimum absolute atomic E-state index is 0.0253. The first-order valence-electron chi connectivity index (χ1n) is 8.99. The lowest BCUT2D eigenvalue weighted by Crippen LogP contribution is -2.11. The fraction of sp³-hybridized carbons (Fsp3) is 0.333. The van der Waals surface area contributed by atoms with Gasteiger partial charge in [-0.15, -0.1) is 0 Å². The van der Waals surface area contributed by atoms with Gasteiger partial charge in [0.2, 0.25) is 11.8 Å². The summed E-state index contributed by atoms with van der Waals surface area (Å²) in [5.41, 5.74) is 4.26. The Bertz CT molecular complexity index is 944. The van der Waals surface area contributed by atoms with Crippen LogP contribution < -0.4 is 5.32 Å². The zero-order valence-electron chi connectivity index (χ0n) is 15.4. The Labute approximate surface area is 153 Å². The minimum atomic E-state index is -0.0253. The molecule has 5 nitrogen and oxygen atoms in total. The molecule has 5 heteroatoms. The second-order valence-corrected chi connectivity index (χ2v) is 6.68. The van der Waals surface area contributed by atoms with Crippen LogP contribution in [-0.4, -0.2) is 16.0 Å². The van der Waals surface area contributed by atoms with Crippen molar-refractivity contribution in [3.8, 4) is 17.2 Å². The summed E-state index contributed by atoms with van der Waals surface area (Å²) in [6.45, 7) is 5.89. The number of aryl methyl sites for hydroxylation is 2. The van der Waals surface area contributed by atoms with Gasteiger partial charge in [-0.25, -0.2) is 4.98 Å². The van der Waals surface area contributed by atoms with Crippen LogP contribution in [0, 0.1) is 13.8 Å². The van der Waals surface area contributed by atoms with E-state index in [0.717, 1.165) is 30.3 Å².